The summed E-state index contributed by atoms with van der Waals surface area (Å²) in [6.45, 7) is 6.12. The van der Waals surface area contributed by atoms with Gasteiger partial charge in [0.05, 0.1) is 18.8 Å². The quantitative estimate of drug-likeness (QED) is 0.903. The first-order valence-electron chi connectivity index (χ1n) is 8.66. The monoisotopic (exact) mass is 343 g/mol. The molecule has 1 N–H and O–H groups in total. The van der Waals surface area contributed by atoms with Crippen molar-refractivity contribution in [2.24, 2.45) is 0 Å². The number of nitrogens with zero attached hydrogens (tertiary/aromatic N) is 2. The van der Waals surface area contributed by atoms with Gasteiger partial charge >= 0.3 is 0 Å². The van der Waals surface area contributed by atoms with E-state index in [1.807, 2.05) is 43.0 Å². The van der Waals surface area contributed by atoms with Gasteiger partial charge in [-0.2, -0.15) is 0 Å². The van der Waals surface area contributed by atoms with Crippen LogP contribution in [0.15, 0.2) is 28.8 Å². The fourth-order valence-corrected chi connectivity index (χ4v) is 3.36. The van der Waals surface area contributed by atoms with Crippen LogP contribution in [-0.4, -0.2) is 42.7 Å². The molecule has 1 aromatic heterocycles. The van der Waals surface area contributed by atoms with E-state index < -0.39 is 0 Å². The van der Waals surface area contributed by atoms with Crippen molar-refractivity contribution in [1.82, 2.24) is 15.4 Å². The van der Waals surface area contributed by atoms with E-state index in [9.17, 15) is 4.79 Å². The van der Waals surface area contributed by atoms with Gasteiger partial charge in [-0.05, 0) is 38.0 Å². The molecule has 0 spiro atoms. The summed E-state index contributed by atoms with van der Waals surface area (Å²) in [5, 5.41) is 7.35. The van der Waals surface area contributed by atoms with Gasteiger partial charge in [0.1, 0.15) is 11.5 Å². The molecule has 1 saturated heterocycles. The Morgan fingerprint density at radius 3 is 2.76 bits per heavy atom. The minimum absolute atomic E-state index is 0.0526. The van der Waals surface area contributed by atoms with Gasteiger partial charge in [0, 0.05) is 31.6 Å². The smallest absolute Gasteiger partial charge is 0.223 e. The number of ether oxygens (including phenoxy) is 1. The zero-order valence-electron chi connectivity index (χ0n) is 15.0. The van der Waals surface area contributed by atoms with Crippen molar-refractivity contribution >= 4 is 5.91 Å². The van der Waals surface area contributed by atoms with Crippen molar-refractivity contribution in [2.75, 3.05) is 26.7 Å². The van der Waals surface area contributed by atoms with Crippen molar-refractivity contribution in [3.8, 4) is 5.75 Å². The lowest BCUT2D eigenvalue weighted by molar-refractivity contribution is -0.134. The number of methoxy groups -OCH3 is 1. The number of piperazine rings is 1. The Kier molecular flexibility index (Phi) is 5.38. The molecule has 134 valence electrons. The maximum absolute atomic E-state index is 12.8. The molecule has 1 amide bonds. The summed E-state index contributed by atoms with van der Waals surface area (Å²) < 4.78 is 10.4. The van der Waals surface area contributed by atoms with E-state index in [0.29, 0.717) is 12.8 Å². The second-order valence-electron chi connectivity index (χ2n) is 6.38. The molecule has 2 heterocycles. The van der Waals surface area contributed by atoms with Crippen LogP contribution >= 0.6 is 0 Å². The Labute approximate surface area is 148 Å². The molecule has 0 unspecified atom stereocenters. The first-order chi connectivity index (χ1) is 12.1. The van der Waals surface area contributed by atoms with Crippen LogP contribution in [0, 0.1) is 13.8 Å². The highest BCUT2D eigenvalue weighted by molar-refractivity contribution is 5.77. The van der Waals surface area contributed by atoms with Gasteiger partial charge in [0.25, 0.3) is 0 Å². The highest BCUT2D eigenvalue weighted by Crippen LogP contribution is 2.25. The largest absolute Gasteiger partial charge is 0.497 e. The lowest BCUT2D eigenvalue weighted by atomic mass is 10.0. The van der Waals surface area contributed by atoms with Gasteiger partial charge in [0.2, 0.25) is 5.91 Å². The molecule has 0 saturated carbocycles. The predicted molar refractivity (Wildman–Crippen MR) is 94.6 cm³/mol. The highest BCUT2D eigenvalue weighted by atomic mass is 16.5. The lowest BCUT2D eigenvalue weighted by Crippen LogP contribution is -2.48. The predicted octanol–water partition coefficient (Wildman–Crippen LogP) is 2.41. The minimum Gasteiger partial charge on any atom is -0.497 e. The molecule has 6 nitrogen and oxygen atoms in total. The molecule has 1 aliphatic heterocycles. The number of amides is 1. The fourth-order valence-electron chi connectivity index (χ4n) is 3.36. The van der Waals surface area contributed by atoms with Crippen molar-refractivity contribution in [3.63, 3.8) is 0 Å². The second kappa shape index (κ2) is 7.70. The summed E-state index contributed by atoms with van der Waals surface area (Å²) in [6.07, 6.45) is 1.13. The number of aromatic nitrogens is 1. The maximum atomic E-state index is 12.8. The third-order valence-electron chi connectivity index (χ3n) is 4.83. The van der Waals surface area contributed by atoms with E-state index in [1.165, 1.54) is 0 Å². The third kappa shape index (κ3) is 3.85. The molecule has 1 aliphatic rings. The zero-order valence-corrected chi connectivity index (χ0v) is 15.0. The Hall–Kier alpha value is -2.34. The second-order valence-corrected chi connectivity index (χ2v) is 6.38. The van der Waals surface area contributed by atoms with Gasteiger partial charge in [-0.15, -0.1) is 0 Å². The lowest BCUT2D eigenvalue weighted by Gasteiger charge is -2.36. The molecule has 2 aromatic rings. The molecular formula is C19H25N3O3. The van der Waals surface area contributed by atoms with Crippen molar-refractivity contribution in [3.05, 3.63) is 46.8 Å². The first kappa shape index (κ1) is 17.5. The summed E-state index contributed by atoms with van der Waals surface area (Å²) in [4.78, 5) is 14.8. The van der Waals surface area contributed by atoms with Crippen LogP contribution in [0.3, 0.4) is 0 Å². The van der Waals surface area contributed by atoms with E-state index >= 15 is 0 Å². The number of hydrogen-bond donors (Lipinski definition) is 1. The van der Waals surface area contributed by atoms with Gasteiger partial charge in [-0.3, -0.25) is 4.79 Å². The number of carbonyl (C=O) groups excluding carboxylic acids is 1. The number of rotatable bonds is 5. The topological polar surface area (TPSA) is 67.6 Å². The van der Waals surface area contributed by atoms with Crippen molar-refractivity contribution < 1.29 is 14.1 Å². The van der Waals surface area contributed by atoms with Crippen LogP contribution in [0.5, 0.6) is 5.75 Å². The van der Waals surface area contributed by atoms with E-state index in [-0.39, 0.29) is 11.9 Å². The van der Waals surface area contributed by atoms with Crippen LogP contribution in [0.2, 0.25) is 0 Å². The van der Waals surface area contributed by atoms with Crippen LogP contribution in [-0.2, 0) is 11.2 Å². The number of benzene rings is 1. The minimum atomic E-state index is 0.0526. The fraction of sp³-hybridized carbons (Fsp3) is 0.474. The number of carbonyl (C=O) groups is 1. The van der Waals surface area contributed by atoms with Crippen LogP contribution in [0.25, 0.3) is 0 Å². The van der Waals surface area contributed by atoms with E-state index in [4.69, 9.17) is 9.26 Å². The highest BCUT2D eigenvalue weighted by Gasteiger charge is 2.28. The number of aryl methyl sites for hydroxylation is 2. The van der Waals surface area contributed by atoms with Gasteiger partial charge in [0.15, 0.2) is 0 Å². The average Bonchev–Trinajstić information content (AvgIpc) is 2.97. The Morgan fingerprint density at radius 2 is 2.12 bits per heavy atom. The standard InChI is InChI=1S/C19H25N3O3/c1-13-17(14(2)25-21-13)8-9-19(23)22-11-10-20-12-18(22)15-4-6-16(24-3)7-5-15/h4-7,18,20H,8-12H2,1-3H3/t18-/m0/s1. The first-order valence-corrected chi connectivity index (χ1v) is 8.66. The number of hydrogen-bond acceptors (Lipinski definition) is 5. The van der Waals surface area contributed by atoms with E-state index in [2.05, 4.69) is 10.5 Å². The zero-order chi connectivity index (χ0) is 17.8. The molecule has 3 rings (SSSR count). The molecule has 1 fully saturated rings. The SMILES string of the molecule is COc1ccc([C@@H]2CNCCN2C(=O)CCc2c(C)noc2C)cc1. The Bertz CT molecular complexity index is 705. The summed E-state index contributed by atoms with van der Waals surface area (Å²) in [7, 11) is 1.65. The van der Waals surface area contributed by atoms with Crippen LogP contribution in [0.1, 0.15) is 35.0 Å². The molecule has 0 aliphatic carbocycles. The maximum Gasteiger partial charge on any atom is 0.223 e. The van der Waals surface area contributed by atoms with E-state index in [1.54, 1.807) is 7.11 Å². The normalized spacial score (nSPS) is 17.6. The van der Waals surface area contributed by atoms with Crippen LogP contribution < -0.4 is 10.1 Å². The van der Waals surface area contributed by atoms with Gasteiger partial charge in [-0.25, -0.2) is 0 Å². The van der Waals surface area contributed by atoms with E-state index in [0.717, 1.165) is 48.0 Å². The summed E-state index contributed by atoms with van der Waals surface area (Å²) in [5.41, 5.74) is 3.04. The third-order valence-corrected chi connectivity index (χ3v) is 4.83. The molecule has 6 heteroatoms. The summed E-state index contributed by atoms with van der Waals surface area (Å²) in [6, 6.07) is 8.00. The number of nitrogens with one attached hydrogen (secondary N) is 1. The van der Waals surface area contributed by atoms with Gasteiger partial charge in [-0.1, -0.05) is 17.3 Å². The average molecular weight is 343 g/mol. The Balaban J connectivity index is 1.70. The van der Waals surface area contributed by atoms with Crippen molar-refractivity contribution in [2.45, 2.75) is 32.7 Å². The summed E-state index contributed by atoms with van der Waals surface area (Å²) in [5.74, 6) is 1.79. The molecule has 0 bridgehead atoms. The molecule has 1 aromatic carbocycles. The molecule has 1 atom stereocenters. The van der Waals surface area contributed by atoms with Gasteiger partial charge < -0.3 is 19.5 Å². The van der Waals surface area contributed by atoms with Crippen LogP contribution in [0.4, 0.5) is 0 Å². The molecule has 0 radical (unpaired) electrons. The molecular weight excluding hydrogens is 318 g/mol. The Morgan fingerprint density at radius 1 is 1.36 bits per heavy atom. The molecule has 25 heavy (non-hydrogen) atoms. The van der Waals surface area contributed by atoms with Crippen molar-refractivity contribution in [1.29, 1.82) is 0 Å². The summed E-state index contributed by atoms with van der Waals surface area (Å²) >= 11 is 0.